The predicted molar refractivity (Wildman–Crippen MR) is 88.8 cm³/mol. The first kappa shape index (κ1) is 17.0. The Kier molecular flexibility index (Phi) is 4.62. The summed E-state index contributed by atoms with van der Waals surface area (Å²) in [6, 6.07) is 1.69. The highest BCUT2D eigenvalue weighted by atomic mass is 16.4. The molecule has 0 bridgehead atoms. The molecule has 3 rings (SSSR count). The van der Waals surface area contributed by atoms with E-state index in [1.165, 1.54) is 0 Å². The predicted octanol–water partition coefficient (Wildman–Crippen LogP) is 1.37. The van der Waals surface area contributed by atoms with Crippen molar-refractivity contribution in [3.63, 3.8) is 0 Å². The molecule has 1 aromatic rings. The number of fused-ring (bicyclic) bond motifs is 1. The molecule has 2 N–H and O–H groups in total. The van der Waals surface area contributed by atoms with Gasteiger partial charge in [0.1, 0.15) is 5.69 Å². The monoisotopic (exact) mass is 334 g/mol. The smallest absolute Gasteiger partial charge is 0.311 e. The van der Waals surface area contributed by atoms with Crippen molar-refractivity contribution in [3.05, 3.63) is 17.5 Å². The van der Waals surface area contributed by atoms with Gasteiger partial charge in [-0.1, -0.05) is 13.3 Å². The average Bonchev–Trinajstić information content (AvgIpc) is 3.03. The number of amides is 1. The van der Waals surface area contributed by atoms with Gasteiger partial charge in [0.05, 0.1) is 5.41 Å². The van der Waals surface area contributed by atoms with Crippen LogP contribution in [-0.4, -0.2) is 69.7 Å². The lowest BCUT2D eigenvalue weighted by atomic mass is 9.68. The summed E-state index contributed by atoms with van der Waals surface area (Å²) in [6.07, 6.45) is 3.96. The molecule has 0 unspecified atom stereocenters. The fourth-order valence-electron chi connectivity index (χ4n) is 4.20. The number of likely N-dealkylation sites (tertiary alicyclic amines) is 2. The quantitative estimate of drug-likeness (QED) is 0.868. The van der Waals surface area contributed by atoms with Gasteiger partial charge in [-0.15, -0.1) is 0 Å². The maximum atomic E-state index is 12.8. The highest BCUT2D eigenvalue weighted by Crippen LogP contribution is 2.42. The molecule has 0 radical (unpaired) electrons. The van der Waals surface area contributed by atoms with E-state index in [9.17, 15) is 14.7 Å². The number of nitrogens with one attached hydrogen (secondary N) is 1. The Morgan fingerprint density at radius 2 is 2.21 bits per heavy atom. The van der Waals surface area contributed by atoms with Crippen LogP contribution in [0.2, 0.25) is 0 Å². The fourth-order valence-corrected chi connectivity index (χ4v) is 4.20. The van der Waals surface area contributed by atoms with E-state index in [4.69, 9.17) is 0 Å². The minimum Gasteiger partial charge on any atom is -0.481 e. The number of aliphatic carboxylic acids is 1. The second-order valence-electron chi connectivity index (χ2n) is 7.09. The number of carbonyl (C=O) groups excluding carboxylic acids is 1. The molecular weight excluding hydrogens is 308 g/mol. The number of aromatic nitrogens is 2. The minimum absolute atomic E-state index is 0.105. The Bertz CT molecular complexity index is 629. The van der Waals surface area contributed by atoms with E-state index in [1.807, 2.05) is 13.1 Å². The molecule has 2 fully saturated rings. The van der Waals surface area contributed by atoms with Crippen LogP contribution in [0, 0.1) is 5.41 Å². The second kappa shape index (κ2) is 6.55. The lowest BCUT2D eigenvalue weighted by Crippen LogP contribution is -2.63. The van der Waals surface area contributed by atoms with E-state index in [0.717, 1.165) is 31.5 Å². The Balaban J connectivity index is 1.77. The van der Waals surface area contributed by atoms with E-state index >= 15 is 0 Å². The first-order chi connectivity index (χ1) is 11.5. The zero-order valence-corrected chi connectivity index (χ0v) is 14.4. The lowest BCUT2D eigenvalue weighted by Gasteiger charge is -2.51. The summed E-state index contributed by atoms with van der Waals surface area (Å²) in [5, 5.41) is 16.9. The van der Waals surface area contributed by atoms with Gasteiger partial charge in [0, 0.05) is 24.8 Å². The van der Waals surface area contributed by atoms with Crippen LogP contribution >= 0.6 is 0 Å². The molecule has 0 saturated carbocycles. The molecule has 2 aliphatic rings. The second-order valence-corrected chi connectivity index (χ2v) is 7.09. The Morgan fingerprint density at radius 3 is 2.92 bits per heavy atom. The third kappa shape index (κ3) is 2.81. The largest absolute Gasteiger partial charge is 0.481 e. The molecule has 7 nitrogen and oxygen atoms in total. The summed E-state index contributed by atoms with van der Waals surface area (Å²) < 4.78 is 0. The van der Waals surface area contributed by atoms with Crippen molar-refractivity contribution >= 4 is 11.9 Å². The first-order valence-electron chi connectivity index (χ1n) is 8.75. The molecule has 24 heavy (non-hydrogen) atoms. The number of hydrogen-bond donors (Lipinski definition) is 2. The highest BCUT2D eigenvalue weighted by molar-refractivity contribution is 5.92. The maximum Gasteiger partial charge on any atom is 0.311 e. The maximum absolute atomic E-state index is 12.8. The Morgan fingerprint density at radius 1 is 1.42 bits per heavy atom. The van der Waals surface area contributed by atoms with Gasteiger partial charge >= 0.3 is 5.97 Å². The Hall–Kier alpha value is -1.89. The van der Waals surface area contributed by atoms with Gasteiger partial charge in [-0.05, 0) is 45.3 Å². The van der Waals surface area contributed by atoms with Crippen molar-refractivity contribution in [3.8, 4) is 0 Å². The molecule has 7 heteroatoms. The summed E-state index contributed by atoms with van der Waals surface area (Å²) >= 11 is 0. The van der Waals surface area contributed by atoms with E-state index in [0.29, 0.717) is 31.6 Å². The van der Waals surface area contributed by atoms with Crippen LogP contribution < -0.4 is 0 Å². The van der Waals surface area contributed by atoms with Crippen molar-refractivity contribution in [2.45, 2.75) is 45.1 Å². The van der Waals surface area contributed by atoms with E-state index in [2.05, 4.69) is 22.0 Å². The third-order valence-electron chi connectivity index (χ3n) is 5.61. The summed E-state index contributed by atoms with van der Waals surface area (Å²) in [5.41, 5.74) is 0.676. The molecule has 3 heterocycles. The third-order valence-corrected chi connectivity index (χ3v) is 5.61. The van der Waals surface area contributed by atoms with Crippen LogP contribution in [0.4, 0.5) is 0 Å². The van der Waals surface area contributed by atoms with Crippen LogP contribution in [0.5, 0.6) is 0 Å². The van der Waals surface area contributed by atoms with Gasteiger partial charge < -0.3 is 14.9 Å². The number of aryl methyl sites for hydroxylation is 1. The molecule has 2 aliphatic heterocycles. The van der Waals surface area contributed by atoms with E-state index in [-0.39, 0.29) is 11.9 Å². The van der Waals surface area contributed by atoms with Gasteiger partial charge in [-0.2, -0.15) is 5.10 Å². The normalized spacial score (nSPS) is 27.8. The highest BCUT2D eigenvalue weighted by Gasteiger charge is 2.52. The van der Waals surface area contributed by atoms with Crippen molar-refractivity contribution in [2.24, 2.45) is 5.41 Å². The number of likely N-dealkylation sites (N-methyl/N-ethyl adjacent to an activating group) is 1. The number of carboxylic acids is 1. The van der Waals surface area contributed by atoms with Gasteiger partial charge in [0.25, 0.3) is 5.91 Å². The van der Waals surface area contributed by atoms with Crippen LogP contribution in [0.3, 0.4) is 0 Å². The SMILES string of the molecule is CCCc1cc(C(=O)N2CC[C@@]3(C(=O)O)CCCN(C)[C@@H]3C2)n[nH]1. The number of hydrogen-bond acceptors (Lipinski definition) is 4. The fraction of sp³-hybridized carbons (Fsp3) is 0.706. The zero-order valence-electron chi connectivity index (χ0n) is 14.4. The van der Waals surface area contributed by atoms with Crippen molar-refractivity contribution in [1.82, 2.24) is 20.0 Å². The summed E-state index contributed by atoms with van der Waals surface area (Å²) in [4.78, 5) is 28.5. The molecule has 1 aromatic heterocycles. The topological polar surface area (TPSA) is 89.5 Å². The average molecular weight is 334 g/mol. The number of rotatable bonds is 4. The first-order valence-corrected chi connectivity index (χ1v) is 8.75. The summed E-state index contributed by atoms with van der Waals surface area (Å²) in [6.45, 7) is 3.89. The number of carboxylic acid groups (broad SMARTS) is 1. The Labute approximate surface area is 142 Å². The zero-order chi connectivity index (χ0) is 17.3. The molecular formula is C17H26N4O3. The van der Waals surface area contributed by atoms with E-state index in [1.54, 1.807) is 4.90 Å². The van der Waals surface area contributed by atoms with Gasteiger partial charge in [-0.3, -0.25) is 14.7 Å². The number of carbonyl (C=O) groups is 2. The van der Waals surface area contributed by atoms with Crippen LogP contribution in [0.15, 0.2) is 6.07 Å². The summed E-state index contributed by atoms with van der Waals surface area (Å²) in [7, 11) is 1.96. The number of H-pyrrole nitrogens is 1. The molecule has 132 valence electrons. The lowest BCUT2D eigenvalue weighted by molar-refractivity contribution is -0.161. The van der Waals surface area contributed by atoms with Crippen molar-refractivity contribution in [1.29, 1.82) is 0 Å². The number of piperidine rings is 2. The minimum atomic E-state index is -0.726. The van der Waals surface area contributed by atoms with Crippen LogP contribution in [-0.2, 0) is 11.2 Å². The van der Waals surface area contributed by atoms with Gasteiger partial charge in [0.2, 0.25) is 0 Å². The number of nitrogens with zero attached hydrogens (tertiary/aromatic N) is 3. The van der Waals surface area contributed by atoms with Crippen molar-refractivity contribution < 1.29 is 14.7 Å². The van der Waals surface area contributed by atoms with Gasteiger partial charge in [0.15, 0.2) is 0 Å². The van der Waals surface area contributed by atoms with Gasteiger partial charge in [-0.25, -0.2) is 0 Å². The standard InChI is InChI=1S/C17H26N4O3/c1-3-5-12-10-13(19-18-12)15(22)21-9-7-17(16(23)24)6-4-8-20(2)14(17)11-21/h10,14H,3-9,11H2,1-2H3,(H,18,19)(H,23,24)/t14-,17+/m1/s1. The summed E-state index contributed by atoms with van der Waals surface area (Å²) in [5.74, 6) is -0.831. The number of aromatic amines is 1. The molecule has 1 amide bonds. The van der Waals surface area contributed by atoms with E-state index < -0.39 is 11.4 Å². The van der Waals surface area contributed by atoms with Crippen molar-refractivity contribution in [2.75, 3.05) is 26.7 Å². The molecule has 0 aliphatic carbocycles. The van der Waals surface area contributed by atoms with Crippen LogP contribution in [0.1, 0.15) is 48.8 Å². The van der Waals surface area contributed by atoms with Crippen LogP contribution in [0.25, 0.3) is 0 Å². The molecule has 0 spiro atoms. The molecule has 0 aromatic carbocycles. The molecule has 2 atom stereocenters. The molecule has 2 saturated heterocycles.